The number of carbonyl (C=O) groups excluding carboxylic acids is 1. The number of aliphatic hydroxyl groups excluding tert-OH is 1. The monoisotopic (exact) mass is 384 g/mol. The zero-order valence-electron chi connectivity index (χ0n) is 16.2. The van der Waals surface area contributed by atoms with Gasteiger partial charge in [0, 0.05) is 6.42 Å². The van der Waals surface area contributed by atoms with Crippen LogP contribution in [0.15, 0.2) is 60.7 Å². The Morgan fingerprint density at radius 3 is 2.00 bits per heavy atom. The van der Waals surface area contributed by atoms with Crippen LogP contribution in [-0.4, -0.2) is 38.4 Å². The Labute approximate surface area is 162 Å². The smallest absolute Gasteiger partial charge is 0.308 e. The van der Waals surface area contributed by atoms with Crippen molar-refractivity contribution in [2.24, 2.45) is 5.41 Å². The number of benzene rings is 2. The van der Waals surface area contributed by atoms with Gasteiger partial charge in [-0.05, 0) is 15.8 Å². The van der Waals surface area contributed by atoms with Crippen LogP contribution in [0.3, 0.4) is 0 Å². The largest absolute Gasteiger partial charge is 0.459 e. The molecule has 1 N–H and O–H groups in total. The Kier molecular flexibility index (Phi) is 6.14. The summed E-state index contributed by atoms with van der Waals surface area (Å²) in [6.07, 6.45) is -0.931. The molecule has 0 bridgehead atoms. The van der Waals surface area contributed by atoms with E-state index in [1.165, 1.54) is 10.4 Å². The molecule has 27 heavy (non-hydrogen) atoms. The Bertz CT molecular complexity index is 702. The fourth-order valence-corrected chi connectivity index (χ4v) is 6.32. The first kappa shape index (κ1) is 19.8. The van der Waals surface area contributed by atoms with Gasteiger partial charge in [0.25, 0.3) is 0 Å². The summed E-state index contributed by atoms with van der Waals surface area (Å²) in [6, 6.07) is 20.5. The molecule has 5 heteroatoms. The van der Waals surface area contributed by atoms with Gasteiger partial charge in [-0.25, -0.2) is 0 Å². The summed E-state index contributed by atoms with van der Waals surface area (Å²) >= 11 is 0. The minimum atomic E-state index is -1.99. The van der Waals surface area contributed by atoms with Crippen molar-refractivity contribution in [3.63, 3.8) is 0 Å². The van der Waals surface area contributed by atoms with E-state index in [4.69, 9.17) is 9.16 Å². The van der Waals surface area contributed by atoms with Crippen LogP contribution in [0.5, 0.6) is 0 Å². The molecule has 1 saturated heterocycles. The van der Waals surface area contributed by atoms with Gasteiger partial charge in [-0.1, -0.05) is 81.4 Å². The first-order valence-corrected chi connectivity index (χ1v) is 11.1. The van der Waals surface area contributed by atoms with Crippen molar-refractivity contribution in [3.05, 3.63) is 60.7 Å². The van der Waals surface area contributed by atoms with Gasteiger partial charge in [0.15, 0.2) is 0 Å². The lowest BCUT2D eigenvalue weighted by molar-refractivity contribution is -0.172. The van der Waals surface area contributed by atoms with Crippen molar-refractivity contribution in [2.75, 3.05) is 0 Å². The lowest BCUT2D eigenvalue weighted by Crippen LogP contribution is -2.55. The minimum absolute atomic E-state index is 0.0611. The fourth-order valence-electron chi connectivity index (χ4n) is 3.60. The quantitative estimate of drug-likeness (QED) is 0.633. The average molecular weight is 385 g/mol. The van der Waals surface area contributed by atoms with Crippen molar-refractivity contribution in [1.29, 1.82) is 0 Å². The molecule has 3 atom stereocenters. The summed E-state index contributed by atoms with van der Waals surface area (Å²) in [7, 11) is -1.99. The summed E-state index contributed by atoms with van der Waals surface area (Å²) in [5.41, 5.74) is -0.239. The van der Waals surface area contributed by atoms with E-state index in [-0.39, 0.29) is 23.9 Å². The van der Waals surface area contributed by atoms with Crippen LogP contribution in [0.2, 0.25) is 0 Å². The zero-order chi connectivity index (χ0) is 19.4. The van der Waals surface area contributed by atoms with Crippen molar-refractivity contribution >= 4 is 25.4 Å². The summed E-state index contributed by atoms with van der Waals surface area (Å²) in [5.74, 6) is -0.353. The Hall–Kier alpha value is -1.95. The number of cyclic esters (lactones) is 1. The molecule has 1 heterocycles. The lowest BCUT2D eigenvalue weighted by Gasteiger charge is -2.41. The van der Waals surface area contributed by atoms with Crippen molar-refractivity contribution in [1.82, 2.24) is 0 Å². The molecular weight excluding hydrogens is 356 g/mol. The second kappa shape index (κ2) is 8.38. The number of aliphatic hydroxyl groups is 1. The molecule has 0 aliphatic carbocycles. The predicted molar refractivity (Wildman–Crippen MR) is 109 cm³/mol. The standard InChI is InChI=1S/C22H28O4Si/c1-22(2,3)21(19-14-16(23)15-20(24)25-19)26-27(17-10-6-4-7-11-17)18-12-8-5-9-13-18/h4-13,16,19,21,23,27H,14-15H2,1-3H3/t16-,19-,21?/m0/s1. The van der Waals surface area contributed by atoms with Crippen molar-refractivity contribution in [3.8, 4) is 0 Å². The third-order valence-corrected chi connectivity index (χ3v) is 7.41. The van der Waals surface area contributed by atoms with Crippen LogP contribution >= 0.6 is 0 Å². The SMILES string of the molecule is CC(C)(C)C(O[SiH](c1ccccc1)c1ccccc1)[C@@H]1C[C@H](O)CC(=O)O1. The Balaban J connectivity index is 1.94. The molecule has 1 unspecified atom stereocenters. The van der Waals surface area contributed by atoms with E-state index >= 15 is 0 Å². The van der Waals surface area contributed by atoms with E-state index in [1.54, 1.807) is 0 Å². The molecule has 3 rings (SSSR count). The molecule has 144 valence electrons. The minimum Gasteiger partial charge on any atom is -0.459 e. The van der Waals surface area contributed by atoms with E-state index in [9.17, 15) is 9.90 Å². The molecule has 1 fully saturated rings. The molecule has 0 aromatic heterocycles. The van der Waals surface area contributed by atoms with E-state index in [0.717, 1.165) is 0 Å². The maximum atomic E-state index is 11.9. The zero-order valence-corrected chi connectivity index (χ0v) is 17.3. The molecule has 2 aromatic carbocycles. The number of esters is 1. The van der Waals surface area contributed by atoms with E-state index in [2.05, 4.69) is 45.0 Å². The van der Waals surface area contributed by atoms with Gasteiger partial charge < -0.3 is 14.3 Å². The van der Waals surface area contributed by atoms with Gasteiger partial charge in [-0.2, -0.15) is 0 Å². The van der Waals surface area contributed by atoms with Crippen LogP contribution in [0.4, 0.5) is 0 Å². The fraction of sp³-hybridized carbons (Fsp3) is 0.409. The van der Waals surface area contributed by atoms with Crippen LogP contribution in [0.25, 0.3) is 0 Å². The molecule has 0 spiro atoms. The highest BCUT2D eigenvalue weighted by Gasteiger charge is 2.41. The Morgan fingerprint density at radius 2 is 1.56 bits per heavy atom. The van der Waals surface area contributed by atoms with Crippen LogP contribution in [0.1, 0.15) is 33.6 Å². The third kappa shape index (κ3) is 5.06. The van der Waals surface area contributed by atoms with E-state index in [0.29, 0.717) is 6.42 Å². The van der Waals surface area contributed by atoms with Gasteiger partial charge in [-0.15, -0.1) is 0 Å². The number of rotatable bonds is 5. The predicted octanol–water partition coefficient (Wildman–Crippen LogP) is 2.02. The lowest BCUT2D eigenvalue weighted by atomic mass is 9.83. The molecule has 0 saturated carbocycles. The van der Waals surface area contributed by atoms with E-state index in [1.807, 2.05) is 36.4 Å². The second-order valence-corrected chi connectivity index (χ2v) is 10.6. The van der Waals surface area contributed by atoms with Gasteiger partial charge >= 0.3 is 5.97 Å². The molecule has 4 nitrogen and oxygen atoms in total. The first-order chi connectivity index (χ1) is 12.8. The van der Waals surface area contributed by atoms with Gasteiger partial charge in [0.1, 0.15) is 6.10 Å². The highest BCUT2D eigenvalue weighted by Crippen LogP contribution is 2.31. The number of carbonyl (C=O) groups is 1. The maximum absolute atomic E-state index is 11.9. The first-order valence-electron chi connectivity index (χ1n) is 9.47. The normalized spacial score (nSPS) is 21.7. The summed E-state index contributed by atoms with van der Waals surface area (Å²) < 4.78 is 12.4. The topological polar surface area (TPSA) is 55.8 Å². The summed E-state index contributed by atoms with van der Waals surface area (Å²) in [6.45, 7) is 6.27. The number of hydrogen-bond donors (Lipinski definition) is 1. The molecule has 0 amide bonds. The summed E-state index contributed by atoms with van der Waals surface area (Å²) in [5, 5.41) is 12.5. The second-order valence-electron chi connectivity index (χ2n) is 8.25. The number of hydrogen-bond acceptors (Lipinski definition) is 4. The van der Waals surface area contributed by atoms with E-state index < -0.39 is 21.2 Å². The van der Waals surface area contributed by atoms with Crippen LogP contribution < -0.4 is 10.4 Å². The van der Waals surface area contributed by atoms with Gasteiger partial charge in [-0.3, -0.25) is 4.79 Å². The maximum Gasteiger partial charge on any atom is 0.308 e. The van der Waals surface area contributed by atoms with Crippen molar-refractivity contribution in [2.45, 2.75) is 51.9 Å². The molecule has 0 radical (unpaired) electrons. The molecule has 1 aliphatic rings. The molecule has 1 aliphatic heterocycles. The number of ether oxygens (including phenoxy) is 1. The highest BCUT2D eigenvalue weighted by molar-refractivity contribution is 6.80. The molecular formula is C22H28O4Si. The Morgan fingerprint density at radius 1 is 1.04 bits per heavy atom. The van der Waals surface area contributed by atoms with Crippen LogP contribution in [-0.2, 0) is 14.0 Å². The van der Waals surface area contributed by atoms with Crippen molar-refractivity contribution < 1.29 is 19.1 Å². The average Bonchev–Trinajstić information content (AvgIpc) is 2.62. The van der Waals surface area contributed by atoms with Gasteiger partial charge in [0.05, 0.1) is 18.6 Å². The third-order valence-electron chi connectivity index (χ3n) is 4.87. The highest BCUT2D eigenvalue weighted by atomic mass is 28.3. The summed E-state index contributed by atoms with van der Waals surface area (Å²) in [4.78, 5) is 11.9. The van der Waals surface area contributed by atoms with Gasteiger partial charge in [0.2, 0.25) is 9.04 Å². The molecule has 2 aromatic rings. The van der Waals surface area contributed by atoms with Crippen LogP contribution in [0, 0.1) is 5.41 Å².